The molecule has 0 atom stereocenters. The molecule has 0 aliphatic heterocycles. The van der Waals surface area contributed by atoms with Crippen LogP contribution >= 0.6 is 0 Å². The van der Waals surface area contributed by atoms with Crippen molar-refractivity contribution in [1.82, 2.24) is 10.2 Å². The van der Waals surface area contributed by atoms with Crippen molar-refractivity contribution in [2.24, 2.45) is 5.92 Å². The summed E-state index contributed by atoms with van der Waals surface area (Å²) in [5, 5.41) is 3.52. The Bertz CT molecular complexity index is 143. The smallest absolute Gasteiger partial charge is 0.0107 e. The van der Waals surface area contributed by atoms with E-state index in [1.54, 1.807) is 0 Å². The Balaban J connectivity index is 1.95. The number of nitrogens with one attached hydrogen (secondary N) is 1. The zero-order valence-corrected chi connectivity index (χ0v) is 10.6. The predicted molar refractivity (Wildman–Crippen MR) is 67.2 cm³/mol. The van der Waals surface area contributed by atoms with Gasteiger partial charge in [0.15, 0.2) is 0 Å². The molecule has 0 aromatic heterocycles. The molecule has 0 unspecified atom stereocenters. The molecule has 0 bridgehead atoms. The normalized spacial score (nSPS) is 17.0. The van der Waals surface area contributed by atoms with Crippen LogP contribution in [0.2, 0.25) is 0 Å². The molecule has 1 N–H and O–H groups in total. The van der Waals surface area contributed by atoms with E-state index < -0.39 is 0 Å². The van der Waals surface area contributed by atoms with Gasteiger partial charge in [0.2, 0.25) is 0 Å². The number of hydrogen-bond acceptors (Lipinski definition) is 2. The summed E-state index contributed by atoms with van der Waals surface area (Å²) in [6, 6.07) is 0. The zero-order chi connectivity index (χ0) is 10.9. The molecule has 1 aliphatic carbocycles. The topological polar surface area (TPSA) is 15.3 Å². The first kappa shape index (κ1) is 13.0. The van der Waals surface area contributed by atoms with Gasteiger partial charge >= 0.3 is 0 Å². The first-order valence-corrected chi connectivity index (χ1v) is 6.79. The lowest BCUT2D eigenvalue weighted by Gasteiger charge is -2.31. The largest absolute Gasteiger partial charge is 0.315 e. The standard InChI is InChI=1S/C13H28N2/c1-3-5-9-14-10-11-15(4-2)12-13-7-6-8-13/h13-14H,3-12H2,1-2H3. The Kier molecular flexibility index (Phi) is 7.03. The van der Waals surface area contributed by atoms with E-state index in [0.717, 1.165) is 5.92 Å². The van der Waals surface area contributed by atoms with Gasteiger partial charge in [-0.15, -0.1) is 0 Å². The average Bonchev–Trinajstić information content (AvgIpc) is 2.19. The van der Waals surface area contributed by atoms with E-state index >= 15 is 0 Å². The van der Waals surface area contributed by atoms with Gasteiger partial charge in [0.05, 0.1) is 0 Å². The molecule has 0 spiro atoms. The van der Waals surface area contributed by atoms with E-state index in [2.05, 4.69) is 24.1 Å². The third-order valence-electron chi connectivity index (χ3n) is 3.50. The fourth-order valence-corrected chi connectivity index (χ4v) is 2.08. The lowest BCUT2D eigenvalue weighted by molar-refractivity contribution is 0.184. The van der Waals surface area contributed by atoms with E-state index in [9.17, 15) is 0 Å². The van der Waals surface area contributed by atoms with E-state index in [0.29, 0.717) is 0 Å². The third kappa shape index (κ3) is 5.53. The minimum absolute atomic E-state index is 1.01. The Morgan fingerprint density at radius 2 is 2.00 bits per heavy atom. The Morgan fingerprint density at radius 3 is 2.53 bits per heavy atom. The van der Waals surface area contributed by atoms with Gasteiger partial charge in [0.25, 0.3) is 0 Å². The summed E-state index contributed by atoms with van der Waals surface area (Å²) in [5.41, 5.74) is 0. The van der Waals surface area contributed by atoms with Crippen LogP contribution in [-0.4, -0.2) is 37.6 Å². The van der Waals surface area contributed by atoms with Crippen molar-refractivity contribution in [2.45, 2.75) is 46.0 Å². The van der Waals surface area contributed by atoms with E-state index in [-0.39, 0.29) is 0 Å². The highest BCUT2D eigenvalue weighted by atomic mass is 15.1. The van der Waals surface area contributed by atoms with Gasteiger partial charge in [-0.1, -0.05) is 26.7 Å². The molecule has 0 amide bonds. The molecular formula is C13H28N2. The maximum absolute atomic E-state index is 3.52. The molecule has 0 saturated heterocycles. The molecule has 90 valence electrons. The van der Waals surface area contributed by atoms with Crippen molar-refractivity contribution in [3.05, 3.63) is 0 Å². The van der Waals surface area contributed by atoms with Crippen molar-refractivity contribution < 1.29 is 0 Å². The SMILES string of the molecule is CCCCNCCN(CC)CC1CCC1. The van der Waals surface area contributed by atoms with Crippen LogP contribution in [0.4, 0.5) is 0 Å². The van der Waals surface area contributed by atoms with Gasteiger partial charge in [-0.05, 0) is 38.3 Å². The zero-order valence-electron chi connectivity index (χ0n) is 10.6. The number of nitrogens with zero attached hydrogens (tertiary/aromatic N) is 1. The molecule has 1 rings (SSSR count). The second-order valence-corrected chi connectivity index (χ2v) is 4.79. The van der Waals surface area contributed by atoms with E-state index in [1.165, 1.54) is 64.8 Å². The van der Waals surface area contributed by atoms with Crippen LogP contribution in [0.3, 0.4) is 0 Å². The first-order chi connectivity index (χ1) is 7.36. The molecular weight excluding hydrogens is 184 g/mol. The summed E-state index contributed by atoms with van der Waals surface area (Å²) in [4.78, 5) is 2.60. The van der Waals surface area contributed by atoms with Gasteiger partial charge < -0.3 is 10.2 Å². The first-order valence-electron chi connectivity index (χ1n) is 6.79. The molecule has 1 aliphatic rings. The summed E-state index contributed by atoms with van der Waals surface area (Å²) in [6.45, 7) is 10.7. The van der Waals surface area contributed by atoms with Gasteiger partial charge in [-0.2, -0.15) is 0 Å². The number of rotatable bonds is 9. The van der Waals surface area contributed by atoms with Gasteiger partial charge in [0.1, 0.15) is 0 Å². The second kappa shape index (κ2) is 8.12. The van der Waals surface area contributed by atoms with E-state index in [4.69, 9.17) is 0 Å². The van der Waals surface area contributed by atoms with Gasteiger partial charge in [-0.3, -0.25) is 0 Å². The van der Waals surface area contributed by atoms with Crippen LogP contribution in [0.5, 0.6) is 0 Å². The van der Waals surface area contributed by atoms with Crippen molar-refractivity contribution in [1.29, 1.82) is 0 Å². The fraction of sp³-hybridized carbons (Fsp3) is 1.00. The molecule has 1 fully saturated rings. The Morgan fingerprint density at radius 1 is 1.20 bits per heavy atom. The Labute approximate surface area is 95.4 Å². The highest BCUT2D eigenvalue weighted by Gasteiger charge is 2.19. The minimum Gasteiger partial charge on any atom is -0.315 e. The molecule has 2 nitrogen and oxygen atoms in total. The minimum atomic E-state index is 1.01. The van der Waals surface area contributed by atoms with Crippen LogP contribution < -0.4 is 5.32 Å². The summed E-state index contributed by atoms with van der Waals surface area (Å²) in [5.74, 6) is 1.01. The lowest BCUT2D eigenvalue weighted by atomic mass is 9.85. The molecule has 0 heterocycles. The summed E-state index contributed by atoms with van der Waals surface area (Å²) >= 11 is 0. The maximum atomic E-state index is 3.52. The Hall–Kier alpha value is -0.0800. The fourth-order valence-electron chi connectivity index (χ4n) is 2.08. The highest BCUT2D eigenvalue weighted by Crippen LogP contribution is 2.26. The number of hydrogen-bond donors (Lipinski definition) is 1. The molecule has 0 radical (unpaired) electrons. The second-order valence-electron chi connectivity index (χ2n) is 4.79. The molecule has 0 aromatic carbocycles. The molecule has 0 aromatic rings. The summed E-state index contributed by atoms with van der Waals surface area (Å²) in [6.07, 6.45) is 7.03. The average molecular weight is 212 g/mol. The highest BCUT2D eigenvalue weighted by molar-refractivity contribution is 4.73. The van der Waals surface area contributed by atoms with Crippen LogP contribution in [0.25, 0.3) is 0 Å². The van der Waals surface area contributed by atoms with Crippen LogP contribution in [0, 0.1) is 5.92 Å². The van der Waals surface area contributed by atoms with Gasteiger partial charge in [-0.25, -0.2) is 0 Å². The lowest BCUT2D eigenvalue weighted by Crippen LogP contribution is -2.37. The summed E-state index contributed by atoms with van der Waals surface area (Å²) < 4.78 is 0. The third-order valence-corrected chi connectivity index (χ3v) is 3.50. The van der Waals surface area contributed by atoms with Crippen molar-refractivity contribution in [2.75, 3.05) is 32.7 Å². The molecule has 2 heteroatoms. The van der Waals surface area contributed by atoms with Gasteiger partial charge in [0, 0.05) is 19.6 Å². The van der Waals surface area contributed by atoms with Crippen molar-refractivity contribution in [3.8, 4) is 0 Å². The van der Waals surface area contributed by atoms with Crippen LogP contribution in [0.1, 0.15) is 46.0 Å². The molecule has 1 saturated carbocycles. The summed E-state index contributed by atoms with van der Waals surface area (Å²) in [7, 11) is 0. The predicted octanol–water partition coefficient (Wildman–Crippen LogP) is 2.50. The van der Waals surface area contributed by atoms with Crippen molar-refractivity contribution in [3.63, 3.8) is 0 Å². The molecule has 15 heavy (non-hydrogen) atoms. The van der Waals surface area contributed by atoms with Crippen LogP contribution in [0.15, 0.2) is 0 Å². The van der Waals surface area contributed by atoms with Crippen LogP contribution in [-0.2, 0) is 0 Å². The van der Waals surface area contributed by atoms with E-state index in [1.807, 2.05) is 0 Å². The maximum Gasteiger partial charge on any atom is 0.0107 e. The quantitative estimate of drug-likeness (QED) is 0.591. The monoisotopic (exact) mass is 212 g/mol. The number of unbranched alkanes of at least 4 members (excludes halogenated alkanes) is 1. The number of likely N-dealkylation sites (N-methyl/N-ethyl adjacent to an activating group) is 1. The van der Waals surface area contributed by atoms with Crippen molar-refractivity contribution >= 4 is 0 Å².